The Bertz CT molecular complexity index is 635. The molecule has 1 aromatic heterocycles. The largest absolute Gasteiger partial charge is 0.444 e. The van der Waals surface area contributed by atoms with Crippen molar-refractivity contribution in [2.75, 3.05) is 13.1 Å². The van der Waals surface area contributed by atoms with Gasteiger partial charge in [-0.1, -0.05) is 37.3 Å². The van der Waals surface area contributed by atoms with Gasteiger partial charge in [-0.05, 0) is 32.8 Å². The van der Waals surface area contributed by atoms with E-state index in [1.807, 2.05) is 13.8 Å². The number of oxazole rings is 1. The molecule has 25 heavy (non-hydrogen) atoms. The van der Waals surface area contributed by atoms with E-state index in [1.54, 1.807) is 0 Å². The van der Waals surface area contributed by atoms with Crippen LogP contribution in [0.4, 0.5) is 0 Å². The third-order valence-corrected chi connectivity index (χ3v) is 4.07. The van der Waals surface area contributed by atoms with E-state index < -0.39 is 0 Å². The first kappa shape index (κ1) is 21.5. The summed E-state index contributed by atoms with van der Waals surface area (Å²) in [6, 6.07) is 10.6. The smallest absolute Gasteiger partial charge is 0.216 e. The normalized spacial score (nSPS) is 12.4. The fourth-order valence-electron chi connectivity index (χ4n) is 2.54. The third kappa shape index (κ3) is 6.68. The Labute approximate surface area is 167 Å². The molecular weight excluding hydrogens is 427 g/mol. The first-order valence-corrected chi connectivity index (χ1v) is 8.64. The summed E-state index contributed by atoms with van der Waals surface area (Å²) in [4.78, 5) is 8.95. The zero-order valence-corrected chi connectivity index (χ0v) is 17.8. The number of aryl methyl sites for hydroxylation is 2. The molecule has 1 aromatic carbocycles. The molecule has 2 rings (SSSR count). The van der Waals surface area contributed by atoms with E-state index in [0.29, 0.717) is 18.4 Å². The van der Waals surface area contributed by atoms with Crippen molar-refractivity contribution in [3.05, 3.63) is 53.2 Å². The van der Waals surface area contributed by atoms with Gasteiger partial charge in [-0.15, -0.1) is 24.0 Å². The molecule has 0 aliphatic rings. The van der Waals surface area contributed by atoms with Gasteiger partial charge in [0.05, 0.1) is 5.69 Å². The first-order chi connectivity index (χ1) is 11.6. The van der Waals surface area contributed by atoms with Gasteiger partial charge in [0, 0.05) is 19.0 Å². The maximum atomic E-state index is 5.59. The van der Waals surface area contributed by atoms with E-state index in [4.69, 9.17) is 4.42 Å². The Morgan fingerprint density at radius 1 is 1.16 bits per heavy atom. The van der Waals surface area contributed by atoms with E-state index in [2.05, 4.69) is 64.8 Å². The van der Waals surface area contributed by atoms with Crippen molar-refractivity contribution in [2.45, 2.75) is 46.6 Å². The number of rotatable bonds is 7. The van der Waals surface area contributed by atoms with Crippen molar-refractivity contribution in [3.63, 3.8) is 0 Å². The number of halogens is 1. The summed E-state index contributed by atoms with van der Waals surface area (Å²) in [5, 5.41) is 6.71. The topological polar surface area (TPSA) is 62.5 Å². The van der Waals surface area contributed by atoms with Crippen LogP contribution in [-0.2, 0) is 6.54 Å². The van der Waals surface area contributed by atoms with Crippen LogP contribution in [0.15, 0.2) is 39.7 Å². The highest BCUT2D eigenvalue weighted by molar-refractivity contribution is 14.0. The van der Waals surface area contributed by atoms with Crippen molar-refractivity contribution in [1.82, 2.24) is 15.6 Å². The van der Waals surface area contributed by atoms with Crippen molar-refractivity contribution < 1.29 is 4.42 Å². The SMILES string of the molecule is CCNC(=NCc1nc(C)c(C)o1)NCC(CC)c1ccccc1.I. The zero-order chi connectivity index (χ0) is 17.4. The predicted octanol–water partition coefficient (Wildman–Crippen LogP) is 4.16. The minimum atomic E-state index is 0. The Kier molecular flexibility index (Phi) is 9.55. The molecule has 0 spiro atoms. The van der Waals surface area contributed by atoms with Crippen LogP contribution in [0.1, 0.15) is 49.1 Å². The summed E-state index contributed by atoms with van der Waals surface area (Å²) in [5.74, 6) is 2.76. The predicted molar refractivity (Wildman–Crippen MR) is 114 cm³/mol. The summed E-state index contributed by atoms with van der Waals surface area (Å²) >= 11 is 0. The molecule has 2 N–H and O–H groups in total. The second-order valence-electron chi connectivity index (χ2n) is 5.84. The summed E-state index contributed by atoms with van der Waals surface area (Å²) in [7, 11) is 0. The molecule has 138 valence electrons. The molecule has 6 heteroatoms. The molecule has 0 aliphatic carbocycles. The monoisotopic (exact) mass is 456 g/mol. The van der Waals surface area contributed by atoms with Crippen molar-refractivity contribution in [1.29, 1.82) is 0 Å². The van der Waals surface area contributed by atoms with Gasteiger partial charge < -0.3 is 15.1 Å². The van der Waals surface area contributed by atoms with Crippen LogP contribution in [-0.4, -0.2) is 24.0 Å². The fourth-order valence-corrected chi connectivity index (χ4v) is 2.54. The number of benzene rings is 1. The molecule has 1 atom stereocenters. The second-order valence-corrected chi connectivity index (χ2v) is 5.84. The molecule has 0 aliphatic heterocycles. The molecule has 1 unspecified atom stereocenters. The number of guanidine groups is 1. The highest BCUT2D eigenvalue weighted by Gasteiger charge is 2.10. The highest BCUT2D eigenvalue weighted by Crippen LogP contribution is 2.17. The van der Waals surface area contributed by atoms with Gasteiger partial charge in [0.1, 0.15) is 12.3 Å². The van der Waals surface area contributed by atoms with Crippen molar-refractivity contribution in [2.24, 2.45) is 4.99 Å². The van der Waals surface area contributed by atoms with Gasteiger partial charge in [0.25, 0.3) is 0 Å². The fraction of sp³-hybridized carbons (Fsp3) is 0.474. The lowest BCUT2D eigenvalue weighted by molar-refractivity contribution is 0.472. The summed E-state index contributed by atoms with van der Waals surface area (Å²) < 4.78 is 5.59. The number of hydrogen-bond acceptors (Lipinski definition) is 3. The maximum Gasteiger partial charge on any atom is 0.216 e. The molecule has 0 saturated carbocycles. The summed E-state index contributed by atoms with van der Waals surface area (Å²) in [5.41, 5.74) is 2.27. The summed E-state index contributed by atoms with van der Waals surface area (Å²) in [6.07, 6.45) is 1.08. The van der Waals surface area contributed by atoms with E-state index in [-0.39, 0.29) is 24.0 Å². The molecule has 0 fully saturated rings. The van der Waals surface area contributed by atoms with Crippen LogP contribution in [0.2, 0.25) is 0 Å². The third-order valence-electron chi connectivity index (χ3n) is 4.07. The Balaban J connectivity index is 0.00000312. The Morgan fingerprint density at radius 3 is 2.44 bits per heavy atom. The highest BCUT2D eigenvalue weighted by atomic mass is 127. The number of aliphatic imine (C=N–C) groups is 1. The molecule has 1 heterocycles. The van der Waals surface area contributed by atoms with Crippen molar-refractivity contribution in [3.8, 4) is 0 Å². The summed E-state index contributed by atoms with van der Waals surface area (Å²) in [6.45, 7) is 10.2. The first-order valence-electron chi connectivity index (χ1n) is 8.64. The quantitative estimate of drug-likeness (QED) is 0.373. The van der Waals surface area contributed by atoms with Crippen LogP contribution in [0, 0.1) is 13.8 Å². The number of nitrogens with one attached hydrogen (secondary N) is 2. The molecule has 5 nitrogen and oxygen atoms in total. The van der Waals surface area contributed by atoms with Crippen molar-refractivity contribution >= 4 is 29.9 Å². The minimum absolute atomic E-state index is 0. The average molecular weight is 456 g/mol. The van der Waals surface area contributed by atoms with E-state index in [9.17, 15) is 0 Å². The van der Waals surface area contributed by atoms with Gasteiger partial charge >= 0.3 is 0 Å². The van der Waals surface area contributed by atoms with Crippen LogP contribution < -0.4 is 10.6 Å². The lowest BCUT2D eigenvalue weighted by atomic mass is 9.97. The maximum absolute atomic E-state index is 5.59. The van der Waals surface area contributed by atoms with Crippen LogP contribution >= 0.6 is 24.0 Å². The van der Waals surface area contributed by atoms with Gasteiger partial charge in [-0.2, -0.15) is 0 Å². The standard InChI is InChI=1S/C19H28N4O.HI/c1-5-16(17-10-8-7-9-11-17)12-21-19(20-6-2)22-13-18-23-14(3)15(4)24-18;/h7-11,16H,5-6,12-13H2,1-4H3,(H2,20,21,22);1H. The molecule has 0 saturated heterocycles. The Morgan fingerprint density at radius 2 is 1.88 bits per heavy atom. The van der Waals surface area contributed by atoms with Gasteiger partial charge in [-0.3, -0.25) is 0 Å². The molecular formula is C19H29IN4O. The number of aromatic nitrogens is 1. The van der Waals surface area contributed by atoms with Gasteiger partial charge in [0.2, 0.25) is 5.89 Å². The van der Waals surface area contributed by atoms with E-state index in [0.717, 1.165) is 36.9 Å². The lowest BCUT2D eigenvalue weighted by Gasteiger charge is -2.18. The molecule has 0 radical (unpaired) electrons. The minimum Gasteiger partial charge on any atom is -0.444 e. The molecule has 0 bridgehead atoms. The van der Waals surface area contributed by atoms with Gasteiger partial charge in [-0.25, -0.2) is 9.98 Å². The average Bonchev–Trinajstić information content (AvgIpc) is 2.92. The number of hydrogen-bond donors (Lipinski definition) is 2. The number of nitrogens with zero attached hydrogens (tertiary/aromatic N) is 2. The second kappa shape index (κ2) is 11.1. The van der Waals surface area contributed by atoms with Gasteiger partial charge in [0.15, 0.2) is 5.96 Å². The van der Waals surface area contributed by atoms with Crippen LogP contribution in [0.3, 0.4) is 0 Å². The van der Waals surface area contributed by atoms with Crippen LogP contribution in [0.25, 0.3) is 0 Å². The lowest BCUT2D eigenvalue weighted by Crippen LogP contribution is -2.39. The van der Waals surface area contributed by atoms with Crippen LogP contribution in [0.5, 0.6) is 0 Å². The zero-order valence-electron chi connectivity index (χ0n) is 15.5. The Hall–Kier alpha value is -1.57. The van der Waals surface area contributed by atoms with E-state index in [1.165, 1.54) is 5.56 Å². The molecule has 2 aromatic rings. The molecule has 0 amide bonds. The van der Waals surface area contributed by atoms with E-state index >= 15 is 0 Å².